The van der Waals surface area contributed by atoms with Gasteiger partial charge in [0.25, 0.3) is 0 Å². The first-order valence-electron chi connectivity index (χ1n) is 7.64. The van der Waals surface area contributed by atoms with Crippen LogP contribution in [0.1, 0.15) is 64.7 Å². The second kappa shape index (κ2) is 12.7. The molecule has 0 amide bonds. The Labute approximate surface area is 122 Å². The van der Waals surface area contributed by atoms with Gasteiger partial charge in [0.1, 0.15) is 6.54 Å². The van der Waals surface area contributed by atoms with E-state index in [0.717, 1.165) is 17.9 Å². The van der Waals surface area contributed by atoms with Crippen molar-refractivity contribution < 1.29 is 9.90 Å². The van der Waals surface area contributed by atoms with Crippen LogP contribution in [0.4, 0.5) is 0 Å². The largest absolute Gasteiger partial charge is 0.480 e. The summed E-state index contributed by atoms with van der Waals surface area (Å²) in [6.07, 6.45) is 11.2. The van der Waals surface area contributed by atoms with Gasteiger partial charge in [-0.1, -0.05) is 58.3 Å². The highest BCUT2D eigenvalue weighted by Crippen LogP contribution is 2.09. The van der Waals surface area contributed by atoms with Crippen LogP contribution in [0.3, 0.4) is 0 Å². The number of hydrazine groups is 1. The fourth-order valence-corrected chi connectivity index (χ4v) is 2.01. The molecule has 0 atom stereocenters. The summed E-state index contributed by atoms with van der Waals surface area (Å²) in [4.78, 5) is 10.6. The topological polar surface area (TPSA) is 102 Å². The third-order valence-corrected chi connectivity index (χ3v) is 3.17. The summed E-state index contributed by atoms with van der Waals surface area (Å²) in [6.45, 7) is 2.59. The molecule has 0 saturated heterocycles. The van der Waals surface area contributed by atoms with E-state index >= 15 is 0 Å². The van der Waals surface area contributed by atoms with Crippen molar-refractivity contribution in [1.29, 1.82) is 5.41 Å². The van der Waals surface area contributed by atoms with Crippen molar-refractivity contribution in [2.45, 2.75) is 64.7 Å². The molecule has 20 heavy (non-hydrogen) atoms. The molecule has 0 aromatic carbocycles. The molecule has 0 saturated carbocycles. The van der Waals surface area contributed by atoms with Gasteiger partial charge in [-0.15, -0.1) is 0 Å². The second-order valence-electron chi connectivity index (χ2n) is 5.10. The normalized spacial score (nSPS) is 10.4. The zero-order valence-electron chi connectivity index (χ0n) is 12.7. The lowest BCUT2D eigenvalue weighted by Crippen LogP contribution is -2.49. The fourth-order valence-electron chi connectivity index (χ4n) is 2.01. The number of nitrogens with two attached hydrogens (primary N) is 1. The second-order valence-corrected chi connectivity index (χ2v) is 5.10. The summed E-state index contributed by atoms with van der Waals surface area (Å²) < 4.78 is 0. The van der Waals surface area contributed by atoms with Crippen LogP contribution in [0.25, 0.3) is 0 Å². The number of carboxylic acids is 1. The molecule has 6 nitrogen and oxygen atoms in total. The molecule has 0 aliphatic rings. The van der Waals surface area contributed by atoms with Crippen molar-refractivity contribution in [1.82, 2.24) is 10.4 Å². The Balaban J connectivity index is 3.41. The first kappa shape index (κ1) is 18.7. The van der Waals surface area contributed by atoms with Crippen LogP contribution in [0.2, 0.25) is 0 Å². The molecule has 5 N–H and O–H groups in total. The van der Waals surface area contributed by atoms with Gasteiger partial charge in [0.05, 0.1) is 0 Å². The van der Waals surface area contributed by atoms with Crippen molar-refractivity contribution >= 4 is 11.9 Å². The predicted molar refractivity (Wildman–Crippen MR) is 81.5 cm³/mol. The minimum atomic E-state index is -1.00. The van der Waals surface area contributed by atoms with E-state index in [4.69, 9.17) is 16.2 Å². The van der Waals surface area contributed by atoms with Gasteiger partial charge >= 0.3 is 5.97 Å². The highest BCUT2D eigenvalue weighted by molar-refractivity contribution is 5.79. The Morgan fingerprint density at radius 3 is 2.05 bits per heavy atom. The van der Waals surface area contributed by atoms with Gasteiger partial charge in [-0.25, -0.2) is 5.43 Å². The monoisotopic (exact) mass is 286 g/mol. The molecule has 6 heteroatoms. The SMILES string of the molecule is CCCCCCCCCCCNN(CC(=O)O)C(=N)N. The van der Waals surface area contributed by atoms with Crippen LogP contribution in [0.5, 0.6) is 0 Å². The van der Waals surface area contributed by atoms with E-state index in [1.54, 1.807) is 0 Å². The number of rotatable bonds is 13. The maximum absolute atomic E-state index is 10.6. The zero-order valence-corrected chi connectivity index (χ0v) is 12.7. The number of carboxylic acid groups (broad SMARTS) is 1. The smallest absolute Gasteiger partial charge is 0.324 e. The Kier molecular flexibility index (Phi) is 11.9. The molecule has 0 heterocycles. The number of unbranched alkanes of at least 4 members (excludes halogenated alkanes) is 8. The Hall–Kier alpha value is -1.30. The summed E-state index contributed by atoms with van der Waals surface area (Å²) >= 11 is 0. The molecule has 118 valence electrons. The number of guanidine groups is 1. The molecular formula is C14H30N4O2. The summed E-state index contributed by atoms with van der Waals surface area (Å²) in [6, 6.07) is 0. The molecule has 0 radical (unpaired) electrons. The van der Waals surface area contributed by atoms with E-state index in [9.17, 15) is 4.79 Å². The van der Waals surface area contributed by atoms with Crippen LogP contribution >= 0.6 is 0 Å². The minimum Gasteiger partial charge on any atom is -0.480 e. The number of nitrogens with zero attached hydrogens (tertiary/aromatic N) is 1. The highest BCUT2D eigenvalue weighted by Gasteiger charge is 2.09. The molecule has 0 spiro atoms. The summed E-state index contributed by atoms with van der Waals surface area (Å²) in [5.74, 6) is -1.26. The van der Waals surface area contributed by atoms with E-state index in [0.29, 0.717) is 6.54 Å². The Bertz CT molecular complexity index is 272. The standard InChI is InChI=1S/C14H30N4O2/c1-2-3-4-5-6-7-8-9-10-11-17-18(14(15)16)12-13(19)20/h17H,2-12H2,1H3,(H3,15,16)(H,19,20). The molecule has 0 aliphatic carbocycles. The van der Waals surface area contributed by atoms with Gasteiger partial charge in [-0.05, 0) is 6.42 Å². The van der Waals surface area contributed by atoms with Gasteiger partial charge < -0.3 is 10.8 Å². The molecule has 0 unspecified atom stereocenters. The lowest BCUT2D eigenvalue weighted by atomic mass is 10.1. The van der Waals surface area contributed by atoms with E-state index < -0.39 is 5.97 Å². The minimum absolute atomic E-state index is 0.261. The van der Waals surface area contributed by atoms with Crippen LogP contribution in [0, 0.1) is 5.41 Å². The zero-order chi connectivity index (χ0) is 15.2. The third-order valence-electron chi connectivity index (χ3n) is 3.17. The predicted octanol–water partition coefficient (Wildman–Crippen LogP) is 2.30. The average Bonchev–Trinajstić information content (AvgIpc) is 2.39. The van der Waals surface area contributed by atoms with E-state index in [1.807, 2.05) is 0 Å². The number of aliphatic carboxylic acids is 1. The van der Waals surface area contributed by atoms with Gasteiger partial charge in [-0.2, -0.15) is 0 Å². The Morgan fingerprint density at radius 1 is 1.10 bits per heavy atom. The summed E-state index contributed by atoms with van der Waals surface area (Å²) in [5.41, 5.74) is 8.16. The third kappa shape index (κ3) is 11.8. The van der Waals surface area contributed by atoms with Crippen LogP contribution < -0.4 is 11.2 Å². The highest BCUT2D eigenvalue weighted by atomic mass is 16.4. The molecular weight excluding hydrogens is 256 g/mol. The number of hydrogen-bond donors (Lipinski definition) is 4. The van der Waals surface area contributed by atoms with Gasteiger partial charge in [0.2, 0.25) is 5.96 Å². The number of hydrogen-bond acceptors (Lipinski definition) is 3. The molecule has 0 aliphatic heterocycles. The first-order valence-corrected chi connectivity index (χ1v) is 7.64. The lowest BCUT2D eigenvalue weighted by molar-refractivity contribution is -0.137. The Morgan fingerprint density at radius 2 is 1.60 bits per heavy atom. The summed E-state index contributed by atoms with van der Waals surface area (Å²) in [5, 5.41) is 17.1. The lowest BCUT2D eigenvalue weighted by Gasteiger charge is -2.21. The molecule has 0 bridgehead atoms. The maximum Gasteiger partial charge on any atom is 0.324 e. The fraction of sp³-hybridized carbons (Fsp3) is 0.857. The molecule has 0 fully saturated rings. The van der Waals surface area contributed by atoms with Crippen molar-refractivity contribution in [2.75, 3.05) is 13.1 Å². The van der Waals surface area contributed by atoms with Crippen molar-refractivity contribution in [3.8, 4) is 0 Å². The van der Waals surface area contributed by atoms with Gasteiger partial charge in [0, 0.05) is 6.54 Å². The number of carbonyl (C=O) groups is 1. The van der Waals surface area contributed by atoms with Crippen molar-refractivity contribution in [3.05, 3.63) is 0 Å². The van der Waals surface area contributed by atoms with E-state index in [-0.39, 0.29) is 12.5 Å². The molecule has 0 aromatic heterocycles. The van der Waals surface area contributed by atoms with Crippen LogP contribution in [-0.4, -0.2) is 35.1 Å². The average molecular weight is 286 g/mol. The van der Waals surface area contributed by atoms with Crippen LogP contribution in [-0.2, 0) is 4.79 Å². The van der Waals surface area contributed by atoms with Crippen LogP contribution in [0.15, 0.2) is 0 Å². The van der Waals surface area contributed by atoms with E-state index in [2.05, 4.69) is 12.3 Å². The number of nitrogens with one attached hydrogen (secondary N) is 2. The van der Waals surface area contributed by atoms with Crippen molar-refractivity contribution in [2.24, 2.45) is 5.73 Å². The maximum atomic E-state index is 10.6. The molecule has 0 rings (SSSR count). The quantitative estimate of drug-likeness (QED) is 0.180. The van der Waals surface area contributed by atoms with E-state index in [1.165, 1.54) is 44.9 Å². The van der Waals surface area contributed by atoms with Gasteiger partial charge in [0.15, 0.2) is 0 Å². The van der Waals surface area contributed by atoms with Crippen molar-refractivity contribution in [3.63, 3.8) is 0 Å². The summed E-state index contributed by atoms with van der Waals surface area (Å²) in [7, 11) is 0. The molecule has 0 aromatic rings. The first-order chi connectivity index (χ1) is 9.57. The van der Waals surface area contributed by atoms with Gasteiger partial charge in [-0.3, -0.25) is 15.2 Å².